The van der Waals surface area contributed by atoms with E-state index in [0.29, 0.717) is 0 Å². The molecule has 3 atom stereocenters. The van der Waals surface area contributed by atoms with Gasteiger partial charge in [-0.05, 0) is 204 Å². The van der Waals surface area contributed by atoms with Gasteiger partial charge in [-0.15, -0.1) is 11.3 Å². The third kappa shape index (κ3) is 6.70. The van der Waals surface area contributed by atoms with Gasteiger partial charge in [-0.2, -0.15) is 0 Å². The summed E-state index contributed by atoms with van der Waals surface area (Å²) >= 11 is 1.93. The highest BCUT2D eigenvalue weighted by molar-refractivity contribution is 7.25. The number of hydrogen-bond donors (Lipinski definition) is 0. The van der Waals surface area contributed by atoms with Crippen molar-refractivity contribution in [2.24, 2.45) is 5.41 Å². The van der Waals surface area contributed by atoms with Gasteiger partial charge in [0.05, 0.1) is 0 Å². The lowest BCUT2D eigenvalue weighted by Gasteiger charge is -2.49. The van der Waals surface area contributed by atoms with Gasteiger partial charge >= 0.3 is 0 Å². The average molecular weight is 1020 g/mol. The largest absolute Gasteiger partial charge is 0.311 e. The van der Waals surface area contributed by atoms with Crippen molar-refractivity contribution < 1.29 is 0 Å². The topological polar surface area (TPSA) is 6.48 Å². The molecule has 4 aliphatic carbocycles. The third-order valence-electron chi connectivity index (χ3n) is 21.6. The fourth-order valence-electron chi connectivity index (χ4n) is 16.6. The van der Waals surface area contributed by atoms with Crippen LogP contribution in [0.2, 0.25) is 0 Å². The summed E-state index contributed by atoms with van der Waals surface area (Å²) in [5.41, 5.74) is 26.2. The molecule has 14 rings (SSSR count). The van der Waals surface area contributed by atoms with Gasteiger partial charge in [0, 0.05) is 60.2 Å². The van der Waals surface area contributed by atoms with Crippen molar-refractivity contribution in [3.05, 3.63) is 171 Å². The van der Waals surface area contributed by atoms with Crippen LogP contribution in [0.5, 0.6) is 0 Å². The predicted octanol–water partition coefficient (Wildman–Crippen LogP) is 18.4. The summed E-state index contributed by atoms with van der Waals surface area (Å²) in [7, 11) is 0. The zero-order valence-electron chi connectivity index (χ0n) is 48.2. The van der Waals surface area contributed by atoms with E-state index in [9.17, 15) is 0 Å². The second kappa shape index (κ2) is 15.8. The summed E-state index contributed by atoms with van der Waals surface area (Å²) in [6.45, 7) is 34.8. The Balaban J connectivity index is 1.06. The van der Waals surface area contributed by atoms with Gasteiger partial charge in [-0.3, -0.25) is 0 Å². The van der Waals surface area contributed by atoms with Crippen LogP contribution in [0.1, 0.15) is 197 Å². The molecule has 4 heteroatoms. The van der Waals surface area contributed by atoms with Crippen molar-refractivity contribution in [3.8, 4) is 0 Å². The first-order chi connectivity index (χ1) is 35.9. The van der Waals surface area contributed by atoms with E-state index in [1.165, 1.54) is 161 Å². The van der Waals surface area contributed by atoms with Crippen molar-refractivity contribution in [1.82, 2.24) is 0 Å². The molecule has 3 heterocycles. The Labute approximate surface area is 459 Å². The van der Waals surface area contributed by atoms with E-state index in [0.717, 1.165) is 0 Å². The lowest BCUT2D eigenvalue weighted by Crippen LogP contribution is -2.62. The van der Waals surface area contributed by atoms with Gasteiger partial charge in [0.2, 0.25) is 0 Å². The molecule has 0 spiro atoms. The summed E-state index contributed by atoms with van der Waals surface area (Å²) < 4.78 is 2.69. The molecule has 6 aliphatic rings. The number of nitrogens with zero attached hydrogens (tertiary/aromatic N) is 2. The molecule has 3 unspecified atom stereocenters. The number of rotatable bonds is 3. The fourth-order valence-corrected chi connectivity index (χ4v) is 17.7. The van der Waals surface area contributed by atoms with E-state index >= 15 is 0 Å². The van der Waals surface area contributed by atoms with Crippen LogP contribution in [0.3, 0.4) is 0 Å². The first-order valence-electron chi connectivity index (χ1n) is 29.2. The second-order valence-corrected chi connectivity index (χ2v) is 30.2. The lowest BCUT2D eigenvalue weighted by atomic mass is 9.33. The van der Waals surface area contributed by atoms with Gasteiger partial charge in [-0.1, -0.05) is 170 Å². The van der Waals surface area contributed by atoms with Crippen LogP contribution in [0.15, 0.2) is 121 Å². The first-order valence-corrected chi connectivity index (χ1v) is 30.0. The normalized spacial score (nSPS) is 24.1. The lowest BCUT2D eigenvalue weighted by molar-refractivity contribution is 0.0923. The number of fused-ring (bicyclic) bond motifs is 12. The van der Waals surface area contributed by atoms with Crippen molar-refractivity contribution in [3.63, 3.8) is 0 Å². The van der Waals surface area contributed by atoms with Crippen LogP contribution >= 0.6 is 11.3 Å². The molecule has 76 heavy (non-hydrogen) atoms. The molecule has 1 saturated carbocycles. The highest BCUT2D eigenvalue weighted by atomic mass is 32.1. The SMILES string of the molecule is Cc1cc2c3c(c1)N(c1ccc4c(c1)C(C)(C)CCC4(C)C)c1cc4c(cc1B3c1ccc(C3c5ccc(C(C)(C)C)cc5C5(C)CCCCC35C)cc1N2c1ccc2c(c1)sc1ccccc12)C(C)(C)CCC4(C)C. The summed E-state index contributed by atoms with van der Waals surface area (Å²) in [4.78, 5) is 5.45. The van der Waals surface area contributed by atoms with Gasteiger partial charge in [0.25, 0.3) is 6.71 Å². The second-order valence-electron chi connectivity index (χ2n) is 29.1. The number of thiophene rings is 1. The average Bonchev–Trinajstić information content (AvgIpc) is 4.04. The molecule has 0 amide bonds. The zero-order chi connectivity index (χ0) is 53.0. The van der Waals surface area contributed by atoms with Gasteiger partial charge in [0.15, 0.2) is 0 Å². The van der Waals surface area contributed by atoms with Crippen LogP contribution in [-0.4, -0.2) is 6.71 Å². The van der Waals surface area contributed by atoms with E-state index in [1.807, 2.05) is 11.3 Å². The van der Waals surface area contributed by atoms with Gasteiger partial charge < -0.3 is 9.80 Å². The van der Waals surface area contributed by atoms with Crippen molar-refractivity contribution in [1.29, 1.82) is 0 Å². The molecule has 0 bridgehead atoms. The molecule has 1 aromatic heterocycles. The van der Waals surface area contributed by atoms with Crippen LogP contribution in [-0.2, 0) is 32.5 Å². The molecular weight excluding hydrogens is 936 g/mol. The van der Waals surface area contributed by atoms with Gasteiger partial charge in [-0.25, -0.2) is 0 Å². The molecule has 386 valence electrons. The maximum absolute atomic E-state index is 2.73. The first kappa shape index (κ1) is 48.8. The Morgan fingerprint density at radius 2 is 1.08 bits per heavy atom. The summed E-state index contributed by atoms with van der Waals surface area (Å²) in [5, 5.41) is 2.69. The Kier molecular flexibility index (Phi) is 10.1. The van der Waals surface area contributed by atoms with Crippen LogP contribution in [0, 0.1) is 12.3 Å². The van der Waals surface area contributed by atoms with E-state index in [-0.39, 0.29) is 50.5 Å². The van der Waals surface area contributed by atoms with Crippen LogP contribution in [0.25, 0.3) is 20.2 Å². The van der Waals surface area contributed by atoms with Crippen molar-refractivity contribution >= 4 is 88.7 Å². The minimum Gasteiger partial charge on any atom is -0.311 e. The van der Waals surface area contributed by atoms with Crippen LogP contribution < -0.4 is 26.2 Å². The van der Waals surface area contributed by atoms with E-state index < -0.39 is 0 Å². The minimum absolute atomic E-state index is 0.0464. The summed E-state index contributed by atoms with van der Waals surface area (Å²) in [6, 6.07) is 50.1. The molecule has 0 N–H and O–H groups in total. The van der Waals surface area contributed by atoms with Crippen molar-refractivity contribution in [2.75, 3.05) is 9.80 Å². The maximum Gasteiger partial charge on any atom is 0.252 e. The number of aryl methyl sites for hydroxylation is 1. The number of benzene rings is 7. The summed E-state index contributed by atoms with van der Waals surface area (Å²) in [5.74, 6) is 0.288. The van der Waals surface area contributed by atoms with E-state index in [2.05, 4.69) is 228 Å². The maximum atomic E-state index is 2.73. The quantitative estimate of drug-likeness (QED) is 0.163. The summed E-state index contributed by atoms with van der Waals surface area (Å²) in [6.07, 6.45) is 9.83. The minimum atomic E-state index is 0.0464. The Morgan fingerprint density at radius 3 is 1.78 bits per heavy atom. The number of anilines is 6. The molecule has 0 radical (unpaired) electrons. The Bertz CT molecular complexity index is 3800. The Hall–Kier alpha value is -5.58. The monoisotopic (exact) mass is 1010 g/mol. The Morgan fingerprint density at radius 1 is 0.487 bits per heavy atom. The van der Waals surface area contributed by atoms with E-state index in [4.69, 9.17) is 0 Å². The van der Waals surface area contributed by atoms with Crippen molar-refractivity contribution in [2.45, 2.75) is 187 Å². The van der Waals surface area contributed by atoms with Crippen LogP contribution in [0.4, 0.5) is 34.1 Å². The third-order valence-corrected chi connectivity index (χ3v) is 22.7. The zero-order valence-corrected chi connectivity index (χ0v) is 49.0. The van der Waals surface area contributed by atoms with E-state index in [1.54, 1.807) is 11.1 Å². The highest BCUT2D eigenvalue weighted by Crippen LogP contribution is 2.67. The molecule has 7 aromatic carbocycles. The van der Waals surface area contributed by atoms with Gasteiger partial charge in [0.1, 0.15) is 0 Å². The molecular formula is C72H79BN2S. The molecule has 8 aromatic rings. The standard InChI is InChI=1S/C72H79BN2S/c1-43-35-60-65-61(36-43)75(47-23-26-49-48-19-15-16-20-62(48)76-63(49)40-47)58-37-44(64-50-25-22-45(66(2,3)4)38-52(50)71(13)29-17-18-30-72(64,71)14)21-28-56(58)73(65)57-41-54-55(70(11,12)34-33-69(54,9)10)42-59(57)74(60)46-24-27-51-53(39-46)68(7,8)32-31-67(51,5)6/h15-16,19-28,35-42,64H,17-18,29-34H2,1-14H3. The molecule has 0 saturated heterocycles. The number of hydrogen-bond acceptors (Lipinski definition) is 3. The smallest absolute Gasteiger partial charge is 0.252 e. The predicted molar refractivity (Wildman–Crippen MR) is 330 cm³/mol. The molecule has 1 fully saturated rings. The highest BCUT2D eigenvalue weighted by Gasteiger charge is 2.59. The fraction of sp³-hybridized carbons (Fsp3) is 0.417. The molecule has 2 aliphatic heterocycles. The molecule has 2 nitrogen and oxygen atoms in total.